The molecule has 0 radical (unpaired) electrons. The first-order valence-corrected chi connectivity index (χ1v) is 14.1. The molecule has 31 heavy (non-hydrogen) atoms. The van der Waals surface area contributed by atoms with E-state index in [1.54, 1.807) is 7.11 Å². The van der Waals surface area contributed by atoms with Crippen molar-refractivity contribution in [2.45, 2.75) is 75.3 Å². The summed E-state index contributed by atoms with van der Waals surface area (Å²) >= 11 is 3.80. The van der Waals surface area contributed by atoms with Crippen LogP contribution < -0.4 is 0 Å². The number of carbonyl (C=O) groups is 1. The topological polar surface area (TPSA) is 55.8 Å². The lowest BCUT2D eigenvalue weighted by Gasteiger charge is -2.68. The third kappa shape index (κ3) is 2.40. The van der Waals surface area contributed by atoms with E-state index in [1.807, 2.05) is 23.5 Å². The van der Waals surface area contributed by atoms with Crippen LogP contribution in [0.5, 0.6) is 0 Å². The second kappa shape index (κ2) is 6.56. The molecule has 2 bridgehead atoms. The molecule has 0 amide bonds. The molecule has 172 valence electrons. The maximum atomic E-state index is 13.9. The molecule has 0 aromatic carbocycles. The lowest BCUT2D eigenvalue weighted by Crippen LogP contribution is -2.69. The van der Waals surface area contributed by atoms with Crippen LogP contribution >= 0.6 is 23.5 Å². The van der Waals surface area contributed by atoms with Crippen LogP contribution in [0.2, 0.25) is 0 Å². The molecular weight excluding hydrogens is 428 g/mol. The van der Waals surface area contributed by atoms with Gasteiger partial charge in [0, 0.05) is 29.8 Å². The summed E-state index contributed by atoms with van der Waals surface area (Å²) in [5.41, 5.74) is 0.794. The molecule has 7 atom stereocenters. The molecule has 3 heterocycles. The maximum absolute atomic E-state index is 13.9. The third-order valence-electron chi connectivity index (χ3n) is 10.4. The number of hydrogen-bond acceptors (Lipinski definition) is 6. The zero-order chi connectivity index (χ0) is 21.9. The van der Waals surface area contributed by atoms with Crippen molar-refractivity contribution in [1.29, 1.82) is 0 Å². The molecule has 7 aliphatic rings. The van der Waals surface area contributed by atoms with Gasteiger partial charge in [0.1, 0.15) is 4.08 Å². The Balaban J connectivity index is 1.44. The van der Waals surface area contributed by atoms with Gasteiger partial charge in [-0.2, -0.15) is 0 Å². The number of hydrogen-bond donors (Lipinski definition) is 1. The maximum Gasteiger partial charge on any atom is 0.176 e. The highest BCUT2D eigenvalue weighted by Crippen LogP contribution is 2.73. The molecule has 6 heteroatoms. The molecule has 2 spiro atoms. The Kier molecular flexibility index (Phi) is 4.55. The zero-order valence-corrected chi connectivity index (χ0v) is 20.9. The highest BCUT2D eigenvalue weighted by molar-refractivity contribution is 8.20. The van der Waals surface area contributed by atoms with Crippen LogP contribution in [0.1, 0.15) is 59.3 Å². The predicted molar refractivity (Wildman–Crippen MR) is 125 cm³/mol. The van der Waals surface area contributed by atoms with Crippen LogP contribution in [-0.4, -0.2) is 52.1 Å². The molecule has 1 N–H and O–H groups in total. The number of aliphatic hydroxyl groups is 1. The van der Waals surface area contributed by atoms with Gasteiger partial charge in [0.25, 0.3) is 0 Å². The SMILES string of the molecule is COC12CCC3(CO1)C(=CC(O)C1C4CC5(SCCCS5)C(=O)C4(C)CCC13)C2(C)C. The molecule has 3 saturated carbocycles. The number of methoxy groups -OCH3 is 1. The van der Waals surface area contributed by atoms with Gasteiger partial charge >= 0.3 is 0 Å². The standard InChI is InChI=1S/C25H36O4S2/c1-21(2)18-12-17(26)19-15(23(18)8-9-25(21,28-4)29-14-23)6-7-22(3)16(19)13-24(20(22)27)30-10-5-11-31-24/h12,15-17,19,26H,5-11,13-14H2,1-4H3. The summed E-state index contributed by atoms with van der Waals surface area (Å²) in [4.78, 5) is 13.9. The zero-order valence-electron chi connectivity index (χ0n) is 19.2. The van der Waals surface area contributed by atoms with Crippen LogP contribution in [-0.2, 0) is 14.3 Å². The Morgan fingerprint density at radius 2 is 1.87 bits per heavy atom. The van der Waals surface area contributed by atoms with Gasteiger partial charge in [-0.05, 0) is 61.4 Å². The van der Waals surface area contributed by atoms with Crippen LogP contribution in [0.25, 0.3) is 0 Å². The average molecular weight is 465 g/mol. The summed E-state index contributed by atoms with van der Waals surface area (Å²) in [5, 5.41) is 11.6. The molecule has 7 rings (SSSR count). The van der Waals surface area contributed by atoms with Crippen LogP contribution in [0, 0.1) is 34.0 Å². The van der Waals surface area contributed by atoms with E-state index in [1.165, 1.54) is 12.0 Å². The lowest BCUT2D eigenvalue weighted by atomic mass is 9.42. The fourth-order valence-corrected chi connectivity index (χ4v) is 12.4. The van der Waals surface area contributed by atoms with Crippen molar-refractivity contribution < 1.29 is 19.4 Å². The van der Waals surface area contributed by atoms with Gasteiger partial charge in [-0.25, -0.2) is 0 Å². The van der Waals surface area contributed by atoms with E-state index in [0.717, 1.165) is 43.6 Å². The van der Waals surface area contributed by atoms with Gasteiger partial charge in [0.05, 0.1) is 12.7 Å². The predicted octanol–water partition coefficient (Wildman–Crippen LogP) is 4.65. The van der Waals surface area contributed by atoms with Crippen LogP contribution in [0.3, 0.4) is 0 Å². The number of carbonyl (C=O) groups excluding carboxylic acids is 1. The molecule has 0 aromatic heterocycles. The van der Waals surface area contributed by atoms with E-state index in [4.69, 9.17) is 9.47 Å². The molecular formula is C25H36O4S2. The van der Waals surface area contributed by atoms with E-state index in [9.17, 15) is 9.90 Å². The summed E-state index contributed by atoms with van der Waals surface area (Å²) in [6, 6.07) is 0. The first-order valence-electron chi connectivity index (χ1n) is 12.1. The highest BCUT2D eigenvalue weighted by atomic mass is 32.2. The molecule has 4 nitrogen and oxygen atoms in total. The van der Waals surface area contributed by atoms with Gasteiger partial charge in [0.15, 0.2) is 11.6 Å². The van der Waals surface area contributed by atoms with Crippen molar-refractivity contribution in [3.63, 3.8) is 0 Å². The van der Waals surface area contributed by atoms with E-state index < -0.39 is 11.9 Å². The Morgan fingerprint density at radius 3 is 2.52 bits per heavy atom. The van der Waals surface area contributed by atoms with Gasteiger partial charge < -0.3 is 14.6 Å². The lowest BCUT2D eigenvalue weighted by molar-refractivity contribution is -0.346. The van der Waals surface area contributed by atoms with Gasteiger partial charge in [0.2, 0.25) is 0 Å². The number of ketones is 1. The second-order valence-corrected chi connectivity index (χ2v) is 14.7. The number of Topliss-reactive ketones (excluding diaryl/α,β-unsaturated/α-hetero) is 1. The molecule has 7 unspecified atom stereocenters. The van der Waals surface area contributed by atoms with Crippen molar-refractivity contribution in [1.82, 2.24) is 0 Å². The number of ether oxygens (including phenoxy) is 2. The summed E-state index contributed by atoms with van der Waals surface area (Å²) < 4.78 is 12.2. The minimum absolute atomic E-state index is 0.0132. The first kappa shape index (κ1) is 21.5. The van der Waals surface area contributed by atoms with Crippen LogP contribution in [0.15, 0.2) is 11.6 Å². The van der Waals surface area contributed by atoms with Crippen molar-refractivity contribution >= 4 is 29.3 Å². The highest BCUT2D eigenvalue weighted by Gasteiger charge is 2.72. The third-order valence-corrected chi connectivity index (χ3v) is 13.8. The van der Waals surface area contributed by atoms with E-state index in [-0.39, 0.29) is 32.2 Å². The number of aliphatic hydroxyl groups excluding tert-OH is 1. The molecule has 6 fully saturated rings. The smallest absolute Gasteiger partial charge is 0.176 e. The Labute approximate surface area is 194 Å². The number of fused-ring (bicyclic) bond motifs is 5. The quantitative estimate of drug-likeness (QED) is 0.570. The average Bonchev–Trinajstić information content (AvgIpc) is 2.98. The fraction of sp³-hybridized carbons (Fsp3) is 0.880. The van der Waals surface area contributed by atoms with Gasteiger partial charge in [-0.15, -0.1) is 23.5 Å². The summed E-state index contributed by atoms with van der Waals surface area (Å²) in [6.45, 7) is 7.38. The monoisotopic (exact) mass is 464 g/mol. The molecule has 3 aliphatic heterocycles. The minimum Gasteiger partial charge on any atom is -0.389 e. The van der Waals surface area contributed by atoms with E-state index >= 15 is 0 Å². The van der Waals surface area contributed by atoms with Crippen molar-refractivity contribution in [3.8, 4) is 0 Å². The molecule has 3 saturated heterocycles. The molecule has 0 aromatic rings. The summed E-state index contributed by atoms with van der Waals surface area (Å²) in [5.74, 6) is 2.87. The van der Waals surface area contributed by atoms with E-state index in [2.05, 4.69) is 26.8 Å². The summed E-state index contributed by atoms with van der Waals surface area (Å²) in [7, 11) is 1.76. The largest absolute Gasteiger partial charge is 0.389 e. The Morgan fingerprint density at radius 1 is 1.13 bits per heavy atom. The minimum atomic E-state index is -0.584. The van der Waals surface area contributed by atoms with E-state index in [0.29, 0.717) is 18.3 Å². The first-order chi connectivity index (χ1) is 14.7. The van der Waals surface area contributed by atoms with Crippen molar-refractivity contribution in [2.24, 2.45) is 34.0 Å². The number of thioether (sulfide) groups is 2. The fourth-order valence-electron chi connectivity index (χ4n) is 8.82. The Hall–Kier alpha value is -0.0100. The normalized spacial score (nSPS) is 51.8. The van der Waals surface area contributed by atoms with Crippen LogP contribution in [0.4, 0.5) is 0 Å². The van der Waals surface area contributed by atoms with Gasteiger partial charge in [-0.3, -0.25) is 4.79 Å². The van der Waals surface area contributed by atoms with Gasteiger partial charge in [-0.1, -0.05) is 32.4 Å². The van der Waals surface area contributed by atoms with Crippen molar-refractivity contribution in [2.75, 3.05) is 25.2 Å². The number of rotatable bonds is 1. The van der Waals surface area contributed by atoms with Crippen molar-refractivity contribution in [3.05, 3.63) is 11.6 Å². The second-order valence-electron chi connectivity index (χ2n) is 11.7. The molecule has 4 aliphatic carbocycles. The summed E-state index contributed by atoms with van der Waals surface area (Å²) in [6.07, 6.45) is 7.77. The Bertz CT molecular complexity index is 836.